The molecule has 3 heterocycles. The van der Waals surface area contributed by atoms with Crippen molar-refractivity contribution in [2.75, 3.05) is 40.5 Å². The van der Waals surface area contributed by atoms with E-state index in [2.05, 4.69) is 38.8 Å². The molecular formula is C22H29N3O3S. The molecule has 0 aliphatic carbocycles. The normalized spacial score (nSPS) is 22.7. The van der Waals surface area contributed by atoms with Crippen LogP contribution in [0, 0.1) is 0 Å². The first-order valence-electron chi connectivity index (χ1n) is 10.2. The Kier molecular flexibility index (Phi) is 6.69. The molecular weight excluding hydrogens is 386 g/mol. The third-order valence-corrected chi connectivity index (χ3v) is 6.42. The van der Waals surface area contributed by atoms with Gasteiger partial charge in [0, 0.05) is 31.6 Å². The van der Waals surface area contributed by atoms with E-state index in [0.717, 1.165) is 50.8 Å². The number of aliphatic imine (C=N–C) groups is 1. The quantitative estimate of drug-likeness (QED) is 0.599. The van der Waals surface area contributed by atoms with Crippen molar-refractivity contribution in [2.45, 2.75) is 31.6 Å². The van der Waals surface area contributed by atoms with E-state index in [1.807, 2.05) is 19.2 Å². The van der Waals surface area contributed by atoms with Crippen molar-refractivity contribution in [2.24, 2.45) is 4.99 Å². The van der Waals surface area contributed by atoms with Crippen LogP contribution in [0.4, 0.5) is 0 Å². The number of ether oxygens (including phenoxy) is 3. The summed E-state index contributed by atoms with van der Waals surface area (Å²) < 4.78 is 17.0. The molecule has 4 rings (SSSR count). The standard InChI is InChI=1S/C22H29N3O3S/c1-23-22(25-9-11-28-21(14-25)20-4-3-10-27-20)24-13-19-12-17(15-29-19)16-5-7-18(26-2)8-6-16/h5-8,12,15,20-21H,3-4,9-11,13-14H2,1-2H3,(H,23,24). The molecule has 156 valence electrons. The highest BCUT2D eigenvalue weighted by molar-refractivity contribution is 7.10. The highest BCUT2D eigenvalue weighted by Gasteiger charge is 2.32. The van der Waals surface area contributed by atoms with Crippen LogP contribution in [0.2, 0.25) is 0 Å². The Morgan fingerprint density at radius 2 is 2.03 bits per heavy atom. The van der Waals surface area contributed by atoms with Gasteiger partial charge in [-0.3, -0.25) is 4.99 Å². The Morgan fingerprint density at radius 3 is 2.76 bits per heavy atom. The molecule has 2 atom stereocenters. The smallest absolute Gasteiger partial charge is 0.194 e. The van der Waals surface area contributed by atoms with Gasteiger partial charge in [0.05, 0.1) is 26.4 Å². The summed E-state index contributed by atoms with van der Waals surface area (Å²) >= 11 is 1.76. The minimum atomic E-state index is 0.133. The van der Waals surface area contributed by atoms with Crippen LogP contribution in [0.15, 0.2) is 40.7 Å². The van der Waals surface area contributed by atoms with Crippen LogP contribution in [0.1, 0.15) is 17.7 Å². The molecule has 2 unspecified atom stereocenters. The summed E-state index contributed by atoms with van der Waals surface area (Å²) in [7, 11) is 3.53. The van der Waals surface area contributed by atoms with Crippen molar-refractivity contribution in [3.8, 4) is 16.9 Å². The van der Waals surface area contributed by atoms with Crippen LogP contribution < -0.4 is 10.1 Å². The maximum Gasteiger partial charge on any atom is 0.194 e. The van der Waals surface area contributed by atoms with Crippen molar-refractivity contribution in [1.29, 1.82) is 0 Å². The average molecular weight is 416 g/mol. The molecule has 0 spiro atoms. The van der Waals surface area contributed by atoms with E-state index in [-0.39, 0.29) is 12.2 Å². The summed E-state index contributed by atoms with van der Waals surface area (Å²) in [5.74, 6) is 1.80. The minimum absolute atomic E-state index is 0.133. The zero-order valence-electron chi connectivity index (χ0n) is 17.1. The molecule has 1 aromatic heterocycles. The lowest BCUT2D eigenvalue weighted by Crippen LogP contribution is -2.53. The SMILES string of the molecule is CN=C(NCc1cc(-c2ccc(OC)cc2)cs1)N1CCOC(C2CCCO2)C1. The predicted molar refractivity (Wildman–Crippen MR) is 117 cm³/mol. The molecule has 2 aliphatic heterocycles. The minimum Gasteiger partial charge on any atom is -0.497 e. The van der Waals surface area contributed by atoms with E-state index >= 15 is 0 Å². The zero-order valence-corrected chi connectivity index (χ0v) is 17.9. The second-order valence-electron chi connectivity index (χ2n) is 7.34. The highest BCUT2D eigenvalue weighted by Crippen LogP contribution is 2.27. The molecule has 2 aromatic rings. The van der Waals surface area contributed by atoms with Crippen molar-refractivity contribution < 1.29 is 14.2 Å². The van der Waals surface area contributed by atoms with Gasteiger partial charge in [-0.15, -0.1) is 11.3 Å². The Balaban J connectivity index is 1.34. The Morgan fingerprint density at radius 1 is 1.21 bits per heavy atom. The van der Waals surface area contributed by atoms with E-state index in [9.17, 15) is 0 Å². The summed E-state index contributed by atoms with van der Waals surface area (Å²) in [6.07, 6.45) is 2.58. The third-order valence-electron chi connectivity index (χ3n) is 5.48. The summed E-state index contributed by atoms with van der Waals surface area (Å²) in [6, 6.07) is 10.4. The van der Waals surface area contributed by atoms with Gasteiger partial charge < -0.3 is 24.4 Å². The molecule has 1 aromatic carbocycles. The molecule has 2 saturated heterocycles. The van der Waals surface area contributed by atoms with Crippen LogP contribution in [-0.2, 0) is 16.0 Å². The number of nitrogens with one attached hydrogen (secondary N) is 1. The molecule has 0 amide bonds. The Hall–Kier alpha value is -2.09. The monoisotopic (exact) mass is 415 g/mol. The van der Waals surface area contributed by atoms with Crippen molar-refractivity contribution in [3.05, 3.63) is 40.6 Å². The molecule has 29 heavy (non-hydrogen) atoms. The van der Waals surface area contributed by atoms with Gasteiger partial charge in [0.1, 0.15) is 11.9 Å². The Labute approximate surface area is 176 Å². The summed E-state index contributed by atoms with van der Waals surface area (Å²) in [5.41, 5.74) is 2.43. The average Bonchev–Trinajstić information content (AvgIpc) is 3.47. The van der Waals surface area contributed by atoms with Crippen molar-refractivity contribution in [3.63, 3.8) is 0 Å². The van der Waals surface area contributed by atoms with Crippen LogP contribution in [0.25, 0.3) is 11.1 Å². The van der Waals surface area contributed by atoms with Gasteiger partial charge in [-0.25, -0.2) is 0 Å². The van der Waals surface area contributed by atoms with Crippen LogP contribution in [0.3, 0.4) is 0 Å². The number of hydrogen-bond acceptors (Lipinski definition) is 5. The molecule has 0 radical (unpaired) electrons. The maximum absolute atomic E-state index is 5.96. The van der Waals surface area contributed by atoms with Crippen molar-refractivity contribution in [1.82, 2.24) is 10.2 Å². The number of nitrogens with zero attached hydrogens (tertiary/aromatic N) is 2. The summed E-state index contributed by atoms with van der Waals surface area (Å²) in [6.45, 7) is 4.00. The van der Waals surface area contributed by atoms with E-state index in [1.165, 1.54) is 16.0 Å². The maximum atomic E-state index is 5.96. The molecule has 1 N–H and O–H groups in total. The summed E-state index contributed by atoms with van der Waals surface area (Å²) in [4.78, 5) is 8.06. The van der Waals surface area contributed by atoms with Crippen LogP contribution in [-0.4, -0.2) is 63.5 Å². The first kappa shape index (κ1) is 20.2. The number of morpholine rings is 1. The van der Waals surface area contributed by atoms with E-state index < -0.39 is 0 Å². The molecule has 0 bridgehead atoms. The van der Waals surface area contributed by atoms with Crippen LogP contribution in [0.5, 0.6) is 5.75 Å². The van der Waals surface area contributed by atoms with Gasteiger partial charge in [0.15, 0.2) is 5.96 Å². The lowest BCUT2D eigenvalue weighted by atomic mass is 10.1. The van der Waals surface area contributed by atoms with E-state index in [1.54, 1.807) is 18.4 Å². The highest BCUT2D eigenvalue weighted by atomic mass is 32.1. The fraction of sp³-hybridized carbons (Fsp3) is 0.500. The van der Waals surface area contributed by atoms with Gasteiger partial charge >= 0.3 is 0 Å². The van der Waals surface area contributed by atoms with E-state index in [0.29, 0.717) is 6.61 Å². The molecule has 2 fully saturated rings. The number of rotatable bonds is 5. The Bertz CT molecular complexity index is 815. The second kappa shape index (κ2) is 9.61. The number of methoxy groups -OCH3 is 1. The van der Waals surface area contributed by atoms with Gasteiger partial charge in [0.25, 0.3) is 0 Å². The van der Waals surface area contributed by atoms with Crippen LogP contribution >= 0.6 is 11.3 Å². The molecule has 0 saturated carbocycles. The first-order chi connectivity index (χ1) is 14.3. The van der Waals surface area contributed by atoms with Gasteiger partial charge in [-0.2, -0.15) is 0 Å². The molecule has 7 heteroatoms. The lowest BCUT2D eigenvalue weighted by Gasteiger charge is -2.37. The second-order valence-corrected chi connectivity index (χ2v) is 8.33. The summed E-state index contributed by atoms with van der Waals surface area (Å²) in [5, 5.41) is 5.72. The number of guanidine groups is 1. The lowest BCUT2D eigenvalue weighted by molar-refractivity contribution is -0.0817. The molecule has 6 nitrogen and oxygen atoms in total. The fourth-order valence-electron chi connectivity index (χ4n) is 3.90. The number of thiophene rings is 1. The number of benzene rings is 1. The molecule has 2 aliphatic rings. The van der Waals surface area contributed by atoms with Gasteiger partial charge in [0.2, 0.25) is 0 Å². The largest absolute Gasteiger partial charge is 0.497 e. The fourth-order valence-corrected chi connectivity index (χ4v) is 4.73. The van der Waals surface area contributed by atoms with Gasteiger partial charge in [-0.05, 0) is 47.5 Å². The van der Waals surface area contributed by atoms with Crippen molar-refractivity contribution >= 4 is 17.3 Å². The number of hydrogen-bond donors (Lipinski definition) is 1. The van der Waals surface area contributed by atoms with Gasteiger partial charge in [-0.1, -0.05) is 12.1 Å². The first-order valence-corrected chi connectivity index (χ1v) is 11.1. The topological polar surface area (TPSA) is 55.3 Å². The van der Waals surface area contributed by atoms with E-state index in [4.69, 9.17) is 14.2 Å². The predicted octanol–water partition coefficient (Wildman–Crippen LogP) is 3.38. The third kappa shape index (κ3) is 4.91. The zero-order chi connectivity index (χ0) is 20.1.